The number of aliphatic carboxylic acids is 1. The normalized spacial score (nSPS) is 13.9. The number of carbonyl (C=O) groups is 1. The first-order chi connectivity index (χ1) is 8.36. The van der Waals surface area contributed by atoms with Gasteiger partial charge in [-0.2, -0.15) is 18.4 Å². The Morgan fingerprint density at radius 2 is 2.22 bits per heavy atom. The third kappa shape index (κ3) is 3.46. The van der Waals surface area contributed by atoms with E-state index in [4.69, 9.17) is 15.2 Å². The fraction of sp³-hybridized carbons (Fsp3) is 0.444. The zero-order valence-electron chi connectivity index (χ0n) is 9.03. The number of halogens is 3. The molecule has 2 rings (SSSR count). The van der Waals surface area contributed by atoms with Crippen LogP contribution in [0, 0.1) is 11.3 Å². The van der Waals surface area contributed by atoms with Crippen molar-refractivity contribution in [1.29, 1.82) is 5.26 Å². The van der Waals surface area contributed by atoms with Gasteiger partial charge in [0.15, 0.2) is 0 Å². The molecular formula is C9H9F3N4O2. The molecule has 0 bridgehead atoms. The van der Waals surface area contributed by atoms with E-state index in [9.17, 15) is 13.2 Å². The lowest BCUT2D eigenvalue weighted by Crippen LogP contribution is -2.28. The smallest absolute Gasteiger partial charge is 0.475 e. The van der Waals surface area contributed by atoms with Crippen LogP contribution in [-0.4, -0.2) is 33.3 Å². The number of alkyl halides is 3. The highest BCUT2D eigenvalue weighted by Gasteiger charge is 2.38. The Hall–Kier alpha value is -2.08. The minimum Gasteiger partial charge on any atom is -0.475 e. The predicted molar refractivity (Wildman–Crippen MR) is 52.3 cm³/mol. The first-order valence-corrected chi connectivity index (χ1v) is 4.81. The number of nitrogens with zero attached hydrogens (tertiary/aromatic N) is 3. The molecule has 0 saturated heterocycles. The second-order valence-electron chi connectivity index (χ2n) is 3.32. The van der Waals surface area contributed by atoms with E-state index in [0.717, 1.165) is 25.3 Å². The van der Waals surface area contributed by atoms with Crippen molar-refractivity contribution in [3.63, 3.8) is 0 Å². The SMILES string of the molecule is N#Cc1ncc2n1CCNC2.O=C(O)C(F)(F)F. The first-order valence-electron chi connectivity index (χ1n) is 4.81. The molecule has 0 fully saturated rings. The fourth-order valence-electron chi connectivity index (χ4n) is 1.30. The summed E-state index contributed by atoms with van der Waals surface area (Å²) in [5.74, 6) is -2.23. The van der Waals surface area contributed by atoms with Crippen LogP contribution in [0.5, 0.6) is 0 Å². The maximum Gasteiger partial charge on any atom is 0.490 e. The van der Waals surface area contributed by atoms with Crippen molar-refractivity contribution in [1.82, 2.24) is 14.9 Å². The van der Waals surface area contributed by atoms with Gasteiger partial charge in [0, 0.05) is 19.6 Å². The molecule has 1 aliphatic rings. The van der Waals surface area contributed by atoms with Gasteiger partial charge in [-0.3, -0.25) is 0 Å². The van der Waals surface area contributed by atoms with Gasteiger partial charge in [0.2, 0.25) is 5.82 Å². The third-order valence-corrected chi connectivity index (χ3v) is 2.10. The molecular weight excluding hydrogens is 253 g/mol. The number of carboxylic acids is 1. The molecule has 1 aliphatic heterocycles. The molecule has 0 saturated carbocycles. The van der Waals surface area contributed by atoms with Crippen LogP contribution in [-0.2, 0) is 17.9 Å². The lowest BCUT2D eigenvalue weighted by Gasteiger charge is -2.15. The van der Waals surface area contributed by atoms with Crippen molar-refractivity contribution in [2.24, 2.45) is 0 Å². The first kappa shape index (κ1) is 14.0. The summed E-state index contributed by atoms with van der Waals surface area (Å²) in [5, 5.41) is 19.0. The molecule has 1 aromatic heterocycles. The molecule has 18 heavy (non-hydrogen) atoms. The minimum atomic E-state index is -5.08. The van der Waals surface area contributed by atoms with Crippen molar-refractivity contribution in [2.75, 3.05) is 6.54 Å². The van der Waals surface area contributed by atoms with Crippen LogP contribution < -0.4 is 5.32 Å². The second kappa shape index (κ2) is 5.50. The van der Waals surface area contributed by atoms with Gasteiger partial charge in [-0.05, 0) is 0 Å². The molecule has 0 aromatic carbocycles. The summed E-state index contributed by atoms with van der Waals surface area (Å²) in [5.41, 5.74) is 1.10. The van der Waals surface area contributed by atoms with Crippen molar-refractivity contribution in [2.45, 2.75) is 19.3 Å². The summed E-state index contributed by atoms with van der Waals surface area (Å²) in [7, 11) is 0. The Kier molecular flexibility index (Phi) is 4.28. The minimum absolute atomic E-state index is 0.529. The van der Waals surface area contributed by atoms with Crippen LogP contribution in [0.4, 0.5) is 13.2 Å². The maximum atomic E-state index is 10.6. The number of hydrogen-bond donors (Lipinski definition) is 2. The number of nitrogens with one attached hydrogen (secondary N) is 1. The summed E-state index contributed by atoms with van der Waals surface area (Å²) in [6.07, 6.45) is -3.33. The summed E-state index contributed by atoms with van der Waals surface area (Å²) in [6.45, 7) is 2.62. The molecule has 6 nitrogen and oxygen atoms in total. The zero-order valence-corrected chi connectivity index (χ0v) is 9.03. The highest BCUT2D eigenvalue weighted by atomic mass is 19.4. The van der Waals surface area contributed by atoms with Crippen LogP contribution in [0.15, 0.2) is 6.20 Å². The van der Waals surface area contributed by atoms with E-state index in [0.29, 0.717) is 5.82 Å². The van der Waals surface area contributed by atoms with Gasteiger partial charge in [0.1, 0.15) is 6.07 Å². The molecule has 0 atom stereocenters. The van der Waals surface area contributed by atoms with E-state index in [1.807, 2.05) is 4.57 Å². The maximum absolute atomic E-state index is 10.6. The monoisotopic (exact) mass is 262 g/mol. The van der Waals surface area contributed by atoms with E-state index in [1.165, 1.54) is 0 Å². The molecule has 2 N–H and O–H groups in total. The van der Waals surface area contributed by atoms with Crippen LogP contribution in [0.2, 0.25) is 0 Å². The van der Waals surface area contributed by atoms with Crippen molar-refractivity contribution in [3.05, 3.63) is 17.7 Å². The molecule has 0 radical (unpaired) electrons. The van der Waals surface area contributed by atoms with E-state index in [1.54, 1.807) is 6.20 Å². The quantitative estimate of drug-likeness (QED) is 0.710. The average molecular weight is 262 g/mol. The van der Waals surface area contributed by atoms with Crippen molar-refractivity contribution >= 4 is 5.97 Å². The van der Waals surface area contributed by atoms with Gasteiger partial charge in [0.25, 0.3) is 0 Å². The van der Waals surface area contributed by atoms with E-state index < -0.39 is 12.1 Å². The van der Waals surface area contributed by atoms with Gasteiger partial charge < -0.3 is 15.0 Å². The Morgan fingerprint density at radius 3 is 2.72 bits per heavy atom. The molecule has 2 heterocycles. The average Bonchev–Trinajstić information content (AvgIpc) is 2.71. The number of rotatable bonds is 0. The van der Waals surface area contributed by atoms with Crippen LogP contribution in [0.1, 0.15) is 11.5 Å². The number of fused-ring (bicyclic) bond motifs is 1. The Labute approximate surface area is 99.7 Å². The second-order valence-corrected chi connectivity index (χ2v) is 3.32. The lowest BCUT2D eigenvalue weighted by atomic mass is 10.3. The van der Waals surface area contributed by atoms with Crippen molar-refractivity contribution in [3.8, 4) is 6.07 Å². The zero-order chi connectivity index (χ0) is 13.8. The molecule has 0 spiro atoms. The molecule has 0 aliphatic carbocycles. The highest BCUT2D eigenvalue weighted by molar-refractivity contribution is 5.73. The third-order valence-electron chi connectivity index (χ3n) is 2.10. The summed E-state index contributed by atoms with van der Waals surface area (Å²) in [6, 6.07) is 2.06. The fourth-order valence-corrected chi connectivity index (χ4v) is 1.30. The van der Waals surface area contributed by atoms with Gasteiger partial charge in [-0.15, -0.1) is 0 Å². The highest BCUT2D eigenvalue weighted by Crippen LogP contribution is 2.13. The number of hydrogen-bond acceptors (Lipinski definition) is 4. The lowest BCUT2D eigenvalue weighted by molar-refractivity contribution is -0.192. The van der Waals surface area contributed by atoms with Gasteiger partial charge in [-0.1, -0.05) is 0 Å². The molecule has 9 heteroatoms. The van der Waals surface area contributed by atoms with Gasteiger partial charge in [0.05, 0.1) is 11.9 Å². The topological polar surface area (TPSA) is 90.9 Å². The Bertz CT molecular complexity index is 475. The number of carboxylic acid groups (broad SMARTS) is 1. The van der Waals surface area contributed by atoms with E-state index in [-0.39, 0.29) is 0 Å². The van der Waals surface area contributed by atoms with Crippen LogP contribution in [0.25, 0.3) is 0 Å². The Balaban J connectivity index is 0.000000203. The number of nitriles is 1. The predicted octanol–water partition coefficient (Wildman–Crippen LogP) is 0.491. The van der Waals surface area contributed by atoms with Crippen LogP contribution >= 0.6 is 0 Å². The van der Waals surface area contributed by atoms with Gasteiger partial charge >= 0.3 is 12.1 Å². The largest absolute Gasteiger partial charge is 0.490 e. The summed E-state index contributed by atoms with van der Waals surface area (Å²) in [4.78, 5) is 12.9. The molecule has 0 amide bonds. The van der Waals surface area contributed by atoms with E-state index >= 15 is 0 Å². The van der Waals surface area contributed by atoms with Gasteiger partial charge in [-0.25, -0.2) is 9.78 Å². The molecule has 0 unspecified atom stereocenters. The summed E-state index contributed by atoms with van der Waals surface area (Å²) < 4.78 is 33.7. The summed E-state index contributed by atoms with van der Waals surface area (Å²) >= 11 is 0. The number of imidazole rings is 1. The standard InChI is InChI=1S/C7H8N4.C2HF3O2/c8-3-7-10-5-6-4-9-1-2-11(6)7;3-2(4,5)1(6)7/h5,9H,1-2,4H2;(H,6,7). The van der Waals surface area contributed by atoms with Crippen molar-refractivity contribution < 1.29 is 23.1 Å². The number of aromatic nitrogens is 2. The van der Waals surface area contributed by atoms with Crippen LogP contribution in [0.3, 0.4) is 0 Å². The molecule has 98 valence electrons. The molecule has 1 aromatic rings. The van der Waals surface area contributed by atoms with E-state index in [2.05, 4.69) is 16.4 Å². The Morgan fingerprint density at radius 1 is 1.61 bits per heavy atom.